The van der Waals surface area contributed by atoms with Crippen molar-refractivity contribution in [3.63, 3.8) is 0 Å². The molecular formula is C14H13FN4S. The van der Waals surface area contributed by atoms with Crippen molar-refractivity contribution in [2.75, 3.05) is 5.32 Å². The molecule has 6 heteroatoms. The van der Waals surface area contributed by atoms with Crippen molar-refractivity contribution < 1.29 is 4.39 Å². The van der Waals surface area contributed by atoms with Gasteiger partial charge in [0.25, 0.3) is 0 Å². The summed E-state index contributed by atoms with van der Waals surface area (Å²) in [4.78, 5) is 4.54. The normalized spacial score (nSPS) is 10.7. The molecular weight excluding hydrogens is 275 g/mol. The molecule has 3 rings (SSSR count). The summed E-state index contributed by atoms with van der Waals surface area (Å²) >= 11 is 1.55. The zero-order valence-corrected chi connectivity index (χ0v) is 11.7. The lowest BCUT2D eigenvalue weighted by molar-refractivity contribution is 0.628. The highest BCUT2D eigenvalue weighted by molar-refractivity contribution is 7.13. The van der Waals surface area contributed by atoms with Gasteiger partial charge in [-0.2, -0.15) is 5.10 Å². The summed E-state index contributed by atoms with van der Waals surface area (Å²) in [7, 11) is 1.88. The predicted molar refractivity (Wildman–Crippen MR) is 78.0 cm³/mol. The van der Waals surface area contributed by atoms with Crippen LogP contribution < -0.4 is 5.32 Å². The van der Waals surface area contributed by atoms with Gasteiger partial charge in [-0.1, -0.05) is 0 Å². The molecule has 0 saturated carbocycles. The molecule has 0 atom stereocenters. The van der Waals surface area contributed by atoms with Crippen molar-refractivity contribution in [3.8, 4) is 10.6 Å². The van der Waals surface area contributed by atoms with E-state index in [9.17, 15) is 4.39 Å². The van der Waals surface area contributed by atoms with Crippen molar-refractivity contribution in [2.24, 2.45) is 7.05 Å². The standard InChI is InChI=1S/C14H13FN4S/c1-19-8-12(7-17-19)16-6-13-9-20-14(18-13)10-2-4-11(15)5-3-10/h2-5,7-9,16H,6H2,1H3. The van der Waals surface area contributed by atoms with Crippen LogP contribution in [0.15, 0.2) is 42.0 Å². The fourth-order valence-electron chi connectivity index (χ4n) is 1.82. The molecule has 0 radical (unpaired) electrons. The van der Waals surface area contributed by atoms with Crippen molar-refractivity contribution >= 4 is 17.0 Å². The van der Waals surface area contributed by atoms with Gasteiger partial charge in [-0.3, -0.25) is 4.68 Å². The van der Waals surface area contributed by atoms with Crippen LogP contribution in [0.2, 0.25) is 0 Å². The molecule has 0 bridgehead atoms. The molecule has 2 aromatic heterocycles. The highest BCUT2D eigenvalue weighted by Crippen LogP contribution is 2.24. The molecule has 0 aliphatic heterocycles. The Morgan fingerprint density at radius 3 is 2.80 bits per heavy atom. The molecule has 1 N–H and O–H groups in total. The number of nitrogens with zero attached hydrogens (tertiary/aromatic N) is 3. The summed E-state index contributed by atoms with van der Waals surface area (Å²) in [6.07, 6.45) is 3.68. The highest BCUT2D eigenvalue weighted by Gasteiger charge is 2.05. The van der Waals surface area contributed by atoms with E-state index in [0.717, 1.165) is 22.0 Å². The number of aryl methyl sites for hydroxylation is 1. The molecule has 2 heterocycles. The third-order valence-corrected chi connectivity index (χ3v) is 3.76. The largest absolute Gasteiger partial charge is 0.377 e. The van der Waals surface area contributed by atoms with Crippen LogP contribution in [-0.4, -0.2) is 14.8 Å². The van der Waals surface area contributed by atoms with Gasteiger partial charge in [-0.15, -0.1) is 11.3 Å². The average Bonchev–Trinajstić information content (AvgIpc) is 3.06. The van der Waals surface area contributed by atoms with Gasteiger partial charge in [0, 0.05) is 24.2 Å². The Morgan fingerprint density at radius 1 is 1.30 bits per heavy atom. The van der Waals surface area contributed by atoms with E-state index in [2.05, 4.69) is 15.4 Å². The molecule has 20 heavy (non-hydrogen) atoms. The third-order valence-electron chi connectivity index (χ3n) is 2.82. The quantitative estimate of drug-likeness (QED) is 0.801. The number of nitrogens with one attached hydrogen (secondary N) is 1. The van der Waals surface area contributed by atoms with Crippen LogP contribution in [0.4, 0.5) is 10.1 Å². The lowest BCUT2D eigenvalue weighted by Crippen LogP contribution is -1.98. The van der Waals surface area contributed by atoms with E-state index >= 15 is 0 Å². The second kappa shape index (κ2) is 5.42. The van der Waals surface area contributed by atoms with Gasteiger partial charge < -0.3 is 5.32 Å². The molecule has 0 saturated heterocycles. The molecule has 102 valence electrons. The van der Waals surface area contributed by atoms with E-state index in [-0.39, 0.29) is 5.82 Å². The van der Waals surface area contributed by atoms with Gasteiger partial charge in [0.15, 0.2) is 0 Å². The number of benzene rings is 1. The SMILES string of the molecule is Cn1cc(NCc2csc(-c3ccc(F)cc3)n2)cn1. The minimum atomic E-state index is -0.233. The summed E-state index contributed by atoms with van der Waals surface area (Å²) in [5.74, 6) is -0.233. The molecule has 0 spiro atoms. The van der Waals surface area contributed by atoms with E-state index in [1.807, 2.05) is 18.6 Å². The average molecular weight is 288 g/mol. The van der Waals surface area contributed by atoms with Crippen LogP contribution in [0.5, 0.6) is 0 Å². The number of anilines is 1. The molecule has 0 fully saturated rings. The van der Waals surface area contributed by atoms with Crippen LogP contribution in [0.3, 0.4) is 0 Å². The third kappa shape index (κ3) is 2.85. The Labute approximate surface area is 119 Å². The van der Waals surface area contributed by atoms with Crippen molar-refractivity contribution in [1.82, 2.24) is 14.8 Å². The fourth-order valence-corrected chi connectivity index (χ4v) is 2.64. The number of halogens is 1. The van der Waals surface area contributed by atoms with E-state index in [1.165, 1.54) is 12.1 Å². The number of hydrogen-bond donors (Lipinski definition) is 1. The van der Waals surface area contributed by atoms with Crippen LogP contribution >= 0.6 is 11.3 Å². The summed E-state index contributed by atoms with van der Waals surface area (Å²) in [6, 6.07) is 6.38. The van der Waals surface area contributed by atoms with E-state index in [1.54, 1.807) is 34.3 Å². The van der Waals surface area contributed by atoms with Crippen LogP contribution in [-0.2, 0) is 13.6 Å². The molecule has 0 aliphatic carbocycles. The lowest BCUT2D eigenvalue weighted by Gasteiger charge is -1.99. The Kier molecular flexibility index (Phi) is 3.47. The van der Waals surface area contributed by atoms with Crippen LogP contribution in [0, 0.1) is 5.82 Å². The van der Waals surface area contributed by atoms with Gasteiger partial charge in [0.05, 0.1) is 24.1 Å². The minimum absolute atomic E-state index is 0.233. The zero-order chi connectivity index (χ0) is 13.9. The molecule has 1 aromatic carbocycles. The molecule has 3 aromatic rings. The van der Waals surface area contributed by atoms with Crippen LogP contribution in [0.1, 0.15) is 5.69 Å². The maximum Gasteiger partial charge on any atom is 0.123 e. The first-order chi connectivity index (χ1) is 9.70. The smallest absolute Gasteiger partial charge is 0.123 e. The topological polar surface area (TPSA) is 42.7 Å². The second-order valence-electron chi connectivity index (χ2n) is 4.41. The van der Waals surface area contributed by atoms with Gasteiger partial charge in [-0.05, 0) is 24.3 Å². The van der Waals surface area contributed by atoms with Crippen molar-refractivity contribution in [2.45, 2.75) is 6.54 Å². The zero-order valence-electron chi connectivity index (χ0n) is 10.9. The Hall–Kier alpha value is -2.21. The summed E-state index contributed by atoms with van der Waals surface area (Å²) in [5, 5.41) is 10.2. The lowest BCUT2D eigenvalue weighted by atomic mass is 10.2. The maximum atomic E-state index is 12.9. The maximum absolute atomic E-state index is 12.9. The summed E-state index contributed by atoms with van der Waals surface area (Å²) in [6.45, 7) is 0.642. The molecule has 4 nitrogen and oxygen atoms in total. The number of aromatic nitrogens is 3. The second-order valence-corrected chi connectivity index (χ2v) is 5.27. The predicted octanol–water partition coefficient (Wildman–Crippen LogP) is 3.29. The Bertz CT molecular complexity index is 702. The first kappa shape index (κ1) is 12.8. The summed E-state index contributed by atoms with van der Waals surface area (Å²) in [5.41, 5.74) is 2.85. The van der Waals surface area contributed by atoms with E-state index in [4.69, 9.17) is 0 Å². The van der Waals surface area contributed by atoms with Gasteiger partial charge in [0.2, 0.25) is 0 Å². The first-order valence-electron chi connectivity index (χ1n) is 6.13. The Morgan fingerprint density at radius 2 is 2.10 bits per heavy atom. The number of thiazole rings is 1. The fraction of sp³-hybridized carbons (Fsp3) is 0.143. The Balaban J connectivity index is 1.69. The monoisotopic (exact) mass is 288 g/mol. The molecule has 0 unspecified atom stereocenters. The van der Waals surface area contributed by atoms with E-state index < -0.39 is 0 Å². The molecule has 0 amide bonds. The van der Waals surface area contributed by atoms with Crippen LogP contribution in [0.25, 0.3) is 10.6 Å². The molecule has 0 aliphatic rings. The van der Waals surface area contributed by atoms with E-state index in [0.29, 0.717) is 6.54 Å². The van der Waals surface area contributed by atoms with Crippen molar-refractivity contribution in [3.05, 3.63) is 53.6 Å². The highest BCUT2D eigenvalue weighted by atomic mass is 32.1. The van der Waals surface area contributed by atoms with Gasteiger partial charge >= 0.3 is 0 Å². The first-order valence-corrected chi connectivity index (χ1v) is 7.01. The summed E-state index contributed by atoms with van der Waals surface area (Å²) < 4.78 is 14.6. The number of rotatable bonds is 4. The van der Waals surface area contributed by atoms with Gasteiger partial charge in [0.1, 0.15) is 10.8 Å². The van der Waals surface area contributed by atoms with Crippen molar-refractivity contribution in [1.29, 1.82) is 0 Å². The minimum Gasteiger partial charge on any atom is -0.377 e. The number of hydrogen-bond acceptors (Lipinski definition) is 4. The van der Waals surface area contributed by atoms with Gasteiger partial charge in [-0.25, -0.2) is 9.37 Å².